The number of ether oxygens (including phenoxy) is 1. The molecule has 0 rings (SSSR count). The Labute approximate surface area is 96.7 Å². The highest BCUT2D eigenvalue weighted by Gasteiger charge is 2.17. The van der Waals surface area contributed by atoms with Crippen molar-refractivity contribution in [2.75, 3.05) is 6.61 Å². The first kappa shape index (κ1) is 14.9. The van der Waals surface area contributed by atoms with E-state index in [1.807, 2.05) is 20.8 Å². The zero-order valence-electron chi connectivity index (χ0n) is 10.3. The molecule has 0 saturated carbocycles. The Balaban J connectivity index is 3.81. The Morgan fingerprint density at radius 3 is 2.50 bits per heavy atom. The van der Waals surface area contributed by atoms with Gasteiger partial charge in [0.15, 0.2) is 0 Å². The van der Waals surface area contributed by atoms with E-state index >= 15 is 0 Å². The van der Waals surface area contributed by atoms with Gasteiger partial charge in [0.25, 0.3) is 0 Å². The first-order chi connectivity index (χ1) is 7.47. The molecule has 5 nitrogen and oxygen atoms in total. The quantitative estimate of drug-likeness (QED) is 0.676. The van der Waals surface area contributed by atoms with Gasteiger partial charge in [-0.3, -0.25) is 10.1 Å². The number of nitrogens with one attached hydrogen (secondary N) is 1. The molecule has 0 aliphatic carbocycles. The Bertz CT molecular complexity index is 229. The molecule has 0 aromatic heterocycles. The topological polar surface area (TPSA) is 81.4 Å². The van der Waals surface area contributed by atoms with Crippen molar-refractivity contribution in [2.24, 2.45) is 11.7 Å². The summed E-state index contributed by atoms with van der Waals surface area (Å²) in [7, 11) is 0. The van der Waals surface area contributed by atoms with Gasteiger partial charge >= 0.3 is 6.09 Å². The fraction of sp³-hybridized carbons (Fsp3) is 0.818. The summed E-state index contributed by atoms with van der Waals surface area (Å²) in [6, 6.07) is -0.654. The second kappa shape index (κ2) is 8.10. The predicted octanol–water partition coefficient (Wildman–Crippen LogP) is 1.41. The molecule has 0 radical (unpaired) electrons. The molecule has 0 bridgehead atoms. The first-order valence-electron chi connectivity index (χ1n) is 5.70. The summed E-state index contributed by atoms with van der Waals surface area (Å²) < 4.78 is 4.78. The minimum absolute atomic E-state index is 0.317. The van der Waals surface area contributed by atoms with Crippen molar-refractivity contribution in [1.29, 1.82) is 0 Å². The molecule has 3 N–H and O–H groups in total. The van der Waals surface area contributed by atoms with E-state index in [1.165, 1.54) is 0 Å². The monoisotopic (exact) mass is 230 g/mol. The molecule has 0 saturated heterocycles. The van der Waals surface area contributed by atoms with Crippen LogP contribution >= 0.6 is 0 Å². The third-order valence-corrected chi connectivity index (χ3v) is 2.02. The highest BCUT2D eigenvalue weighted by molar-refractivity contribution is 5.94. The van der Waals surface area contributed by atoms with Crippen molar-refractivity contribution in [3.05, 3.63) is 0 Å². The summed E-state index contributed by atoms with van der Waals surface area (Å²) in [4.78, 5) is 22.5. The molecular formula is C11H22N2O3. The summed E-state index contributed by atoms with van der Waals surface area (Å²) >= 11 is 0. The van der Waals surface area contributed by atoms with Crippen molar-refractivity contribution >= 4 is 12.0 Å². The predicted molar refractivity (Wildman–Crippen MR) is 61.8 cm³/mol. The second-order valence-electron chi connectivity index (χ2n) is 4.21. The summed E-state index contributed by atoms with van der Waals surface area (Å²) in [6.07, 6.45) is 1.57. The van der Waals surface area contributed by atoms with Crippen LogP contribution in [0.5, 0.6) is 0 Å². The summed E-state index contributed by atoms with van der Waals surface area (Å²) in [5.74, 6) is -0.160. The Morgan fingerprint density at radius 1 is 1.38 bits per heavy atom. The first-order valence-corrected chi connectivity index (χ1v) is 5.70. The van der Waals surface area contributed by atoms with E-state index < -0.39 is 18.0 Å². The molecule has 5 heteroatoms. The van der Waals surface area contributed by atoms with Gasteiger partial charge in [-0.1, -0.05) is 27.2 Å². The molecule has 0 spiro atoms. The van der Waals surface area contributed by atoms with Gasteiger partial charge < -0.3 is 10.5 Å². The van der Waals surface area contributed by atoms with Crippen LogP contribution in [0.2, 0.25) is 0 Å². The van der Waals surface area contributed by atoms with Crippen LogP contribution in [0.25, 0.3) is 0 Å². The SMILES string of the molecule is CCCCOC(=O)NC(=O)[C@@H](N)CC(C)C. The molecule has 0 aromatic carbocycles. The third-order valence-electron chi connectivity index (χ3n) is 2.02. The van der Waals surface area contributed by atoms with Gasteiger partial charge in [0.05, 0.1) is 12.6 Å². The molecule has 0 aliphatic rings. The third kappa shape index (κ3) is 7.23. The zero-order chi connectivity index (χ0) is 12.6. The lowest BCUT2D eigenvalue weighted by molar-refractivity contribution is -0.122. The van der Waals surface area contributed by atoms with E-state index in [4.69, 9.17) is 10.5 Å². The number of rotatable bonds is 6. The Hall–Kier alpha value is -1.10. The lowest BCUT2D eigenvalue weighted by Gasteiger charge is -2.13. The maximum atomic E-state index is 11.4. The van der Waals surface area contributed by atoms with E-state index in [0.717, 1.165) is 12.8 Å². The maximum Gasteiger partial charge on any atom is 0.413 e. The van der Waals surface area contributed by atoms with E-state index in [2.05, 4.69) is 5.32 Å². The van der Waals surface area contributed by atoms with Crippen LogP contribution in [0.3, 0.4) is 0 Å². The Morgan fingerprint density at radius 2 is 2.00 bits per heavy atom. The number of nitrogens with two attached hydrogens (primary N) is 1. The van der Waals surface area contributed by atoms with Crippen LogP contribution < -0.4 is 11.1 Å². The van der Waals surface area contributed by atoms with Crippen LogP contribution in [-0.2, 0) is 9.53 Å². The largest absolute Gasteiger partial charge is 0.449 e. The minimum atomic E-state index is -0.711. The zero-order valence-corrected chi connectivity index (χ0v) is 10.3. The molecule has 1 atom stereocenters. The van der Waals surface area contributed by atoms with Crippen molar-refractivity contribution in [3.63, 3.8) is 0 Å². The van der Waals surface area contributed by atoms with Gasteiger partial charge in [-0.25, -0.2) is 4.79 Å². The van der Waals surface area contributed by atoms with Gasteiger partial charge in [0, 0.05) is 0 Å². The van der Waals surface area contributed by atoms with E-state index in [-0.39, 0.29) is 0 Å². The van der Waals surface area contributed by atoms with Crippen molar-refractivity contribution in [2.45, 2.75) is 46.1 Å². The number of unbranched alkanes of at least 4 members (excludes halogenated alkanes) is 1. The summed E-state index contributed by atoms with van der Waals surface area (Å²) in [5.41, 5.74) is 5.60. The average Bonchev–Trinajstić information content (AvgIpc) is 2.16. The standard InChI is InChI=1S/C11H22N2O3/c1-4-5-6-16-11(15)13-10(14)9(12)7-8(2)3/h8-9H,4-7,12H2,1-3H3,(H,13,14,15)/t9-/m0/s1. The smallest absolute Gasteiger partial charge is 0.413 e. The van der Waals surface area contributed by atoms with E-state index in [9.17, 15) is 9.59 Å². The van der Waals surface area contributed by atoms with Crippen LogP contribution in [0.4, 0.5) is 4.79 Å². The van der Waals surface area contributed by atoms with Gasteiger partial charge in [-0.05, 0) is 18.8 Å². The van der Waals surface area contributed by atoms with Crippen LogP contribution in [-0.4, -0.2) is 24.6 Å². The van der Waals surface area contributed by atoms with Crippen LogP contribution in [0, 0.1) is 5.92 Å². The molecule has 2 amide bonds. The molecule has 0 aromatic rings. The number of carbonyl (C=O) groups excluding carboxylic acids is 2. The molecule has 0 aliphatic heterocycles. The van der Waals surface area contributed by atoms with Crippen molar-refractivity contribution in [3.8, 4) is 0 Å². The van der Waals surface area contributed by atoms with Gasteiger partial charge in [0.1, 0.15) is 0 Å². The maximum absolute atomic E-state index is 11.4. The molecule has 0 fully saturated rings. The number of hydrogen-bond donors (Lipinski definition) is 2. The summed E-state index contributed by atoms with van der Waals surface area (Å²) in [6.45, 7) is 6.25. The van der Waals surface area contributed by atoms with E-state index in [1.54, 1.807) is 0 Å². The molecule has 0 unspecified atom stereocenters. The van der Waals surface area contributed by atoms with E-state index in [0.29, 0.717) is 18.9 Å². The summed E-state index contributed by atoms with van der Waals surface area (Å²) in [5, 5.41) is 2.12. The lowest BCUT2D eigenvalue weighted by atomic mass is 10.0. The number of amides is 2. The van der Waals surface area contributed by atoms with Crippen LogP contribution in [0.15, 0.2) is 0 Å². The number of imide groups is 1. The average molecular weight is 230 g/mol. The van der Waals surface area contributed by atoms with Crippen LogP contribution in [0.1, 0.15) is 40.0 Å². The second-order valence-corrected chi connectivity index (χ2v) is 4.21. The number of hydrogen-bond acceptors (Lipinski definition) is 4. The fourth-order valence-electron chi connectivity index (χ4n) is 1.15. The normalized spacial score (nSPS) is 12.3. The fourth-order valence-corrected chi connectivity index (χ4v) is 1.15. The van der Waals surface area contributed by atoms with Crippen molar-refractivity contribution in [1.82, 2.24) is 5.32 Å². The van der Waals surface area contributed by atoms with Crippen molar-refractivity contribution < 1.29 is 14.3 Å². The molecular weight excluding hydrogens is 208 g/mol. The molecule has 16 heavy (non-hydrogen) atoms. The highest BCUT2D eigenvalue weighted by atomic mass is 16.5. The number of alkyl carbamates (subject to hydrolysis) is 1. The molecule has 94 valence electrons. The van der Waals surface area contributed by atoms with Gasteiger partial charge in [0.2, 0.25) is 5.91 Å². The lowest BCUT2D eigenvalue weighted by Crippen LogP contribution is -2.44. The molecule has 0 heterocycles. The van der Waals surface area contributed by atoms with Gasteiger partial charge in [-0.2, -0.15) is 0 Å². The van der Waals surface area contributed by atoms with Gasteiger partial charge in [-0.15, -0.1) is 0 Å². The minimum Gasteiger partial charge on any atom is -0.449 e. The Kier molecular flexibility index (Phi) is 7.54. The highest BCUT2D eigenvalue weighted by Crippen LogP contribution is 2.02. The number of carbonyl (C=O) groups is 2.